The summed E-state index contributed by atoms with van der Waals surface area (Å²) in [6, 6.07) is 10.9. The highest BCUT2D eigenvalue weighted by molar-refractivity contribution is 9.10. The van der Waals surface area contributed by atoms with E-state index in [1.165, 1.54) is 17.5 Å². The Hall–Kier alpha value is -1.06. The standard InChI is InChI=1S/C15H16BrNO/c1-17-14(15-13(16)8-9-18-15)12-7-6-10-4-2-3-5-11(10)12/h2-5,8-9,12,14,17H,6-7H2,1H3. The van der Waals surface area contributed by atoms with Gasteiger partial charge in [-0.25, -0.2) is 0 Å². The molecular formula is C15H16BrNO. The third kappa shape index (κ3) is 1.91. The maximum absolute atomic E-state index is 5.64. The summed E-state index contributed by atoms with van der Waals surface area (Å²) in [6.45, 7) is 0. The Morgan fingerprint density at radius 3 is 2.89 bits per heavy atom. The molecule has 3 rings (SSSR count). The highest BCUT2D eigenvalue weighted by atomic mass is 79.9. The molecule has 0 radical (unpaired) electrons. The molecule has 0 amide bonds. The van der Waals surface area contributed by atoms with E-state index in [9.17, 15) is 0 Å². The monoisotopic (exact) mass is 305 g/mol. The van der Waals surface area contributed by atoms with E-state index in [0.29, 0.717) is 5.92 Å². The second-order valence-corrected chi connectivity index (χ2v) is 5.60. The van der Waals surface area contributed by atoms with Gasteiger partial charge in [0.05, 0.1) is 16.8 Å². The Morgan fingerprint density at radius 1 is 1.33 bits per heavy atom. The van der Waals surface area contributed by atoms with Crippen molar-refractivity contribution in [1.82, 2.24) is 5.32 Å². The first-order chi connectivity index (χ1) is 8.81. The smallest absolute Gasteiger partial charge is 0.135 e. The van der Waals surface area contributed by atoms with Crippen LogP contribution in [0.25, 0.3) is 0 Å². The second kappa shape index (κ2) is 4.90. The molecule has 1 aromatic heterocycles. The predicted molar refractivity (Wildman–Crippen MR) is 75.7 cm³/mol. The Bertz CT molecular complexity index is 549. The molecule has 1 aliphatic rings. The van der Waals surface area contributed by atoms with Gasteiger partial charge in [0.2, 0.25) is 0 Å². The number of benzene rings is 1. The van der Waals surface area contributed by atoms with Crippen LogP contribution in [-0.4, -0.2) is 7.05 Å². The SMILES string of the molecule is CNC(c1occc1Br)C1CCc2ccccc21. The maximum atomic E-state index is 5.64. The van der Waals surface area contributed by atoms with Crippen molar-refractivity contribution in [1.29, 1.82) is 0 Å². The van der Waals surface area contributed by atoms with Crippen LogP contribution in [0.5, 0.6) is 0 Å². The first kappa shape index (κ1) is 12.0. The third-order valence-electron chi connectivity index (χ3n) is 3.82. The fourth-order valence-electron chi connectivity index (χ4n) is 2.98. The van der Waals surface area contributed by atoms with Crippen LogP contribution in [0, 0.1) is 0 Å². The number of rotatable bonds is 3. The van der Waals surface area contributed by atoms with E-state index in [4.69, 9.17) is 4.42 Å². The number of nitrogens with one attached hydrogen (secondary N) is 1. The lowest BCUT2D eigenvalue weighted by Gasteiger charge is -2.22. The molecule has 1 N–H and O–H groups in total. The quantitative estimate of drug-likeness (QED) is 0.926. The third-order valence-corrected chi connectivity index (χ3v) is 4.47. The van der Waals surface area contributed by atoms with Crippen molar-refractivity contribution in [2.24, 2.45) is 0 Å². The highest BCUT2D eigenvalue weighted by Crippen LogP contribution is 2.43. The van der Waals surface area contributed by atoms with Crippen molar-refractivity contribution in [3.05, 3.63) is 58.0 Å². The van der Waals surface area contributed by atoms with Gasteiger partial charge in [0.1, 0.15) is 5.76 Å². The van der Waals surface area contributed by atoms with E-state index in [1.807, 2.05) is 13.1 Å². The summed E-state index contributed by atoms with van der Waals surface area (Å²) in [5.41, 5.74) is 2.94. The minimum absolute atomic E-state index is 0.234. The summed E-state index contributed by atoms with van der Waals surface area (Å²) in [5.74, 6) is 1.49. The van der Waals surface area contributed by atoms with Gasteiger partial charge in [0.25, 0.3) is 0 Å². The number of likely N-dealkylation sites (N-methyl/N-ethyl adjacent to an activating group) is 1. The van der Waals surface area contributed by atoms with Crippen molar-refractivity contribution >= 4 is 15.9 Å². The lowest BCUT2D eigenvalue weighted by molar-refractivity contribution is 0.379. The fourth-order valence-corrected chi connectivity index (χ4v) is 3.43. The molecule has 0 saturated carbocycles. The first-order valence-electron chi connectivity index (χ1n) is 6.29. The number of halogens is 1. The van der Waals surface area contributed by atoms with Crippen LogP contribution < -0.4 is 5.32 Å². The minimum atomic E-state index is 0.234. The molecule has 2 atom stereocenters. The molecule has 0 fully saturated rings. The number of hydrogen-bond acceptors (Lipinski definition) is 2. The van der Waals surface area contributed by atoms with E-state index in [0.717, 1.165) is 16.7 Å². The lowest BCUT2D eigenvalue weighted by atomic mass is 9.91. The molecule has 1 aliphatic carbocycles. The molecule has 18 heavy (non-hydrogen) atoms. The van der Waals surface area contributed by atoms with Gasteiger partial charge in [0, 0.05) is 5.92 Å². The van der Waals surface area contributed by atoms with E-state index in [2.05, 4.69) is 45.5 Å². The molecule has 2 unspecified atom stereocenters. The van der Waals surface area contributed by atoms with Gasteiger partial charge < -0.3 is 9.73 Å². The Balaban J connectivity index is 1.98. The minimum Gasteiger partial charge on any atom is -0.466 e. The Labute approximate surface area is 116 Å². The summed E-state index contributed by atoms with van der Waals surface area (Å²) in [6.07, 6.45) is 4.08. The maximum Gasteiger partial charge on any atom is 0.135 e. The molecular weight excluding hydrogens is 290 g/mol. The van der Waals surface area contributed by atoms with Crippen LogP contribution in [0.4, 0.5) is 0 Å². The van der Waals surface area contributed by atoms with E-state index >= 15 is 0 Å². The molecule has 2 nitrogen and oxygen atoms in total. The molecule has 0 aliphatic heterocycles. The van der Waals surface area contributed by atoms with Crippen LogP contribution in [0.3, 0.4) is 0 Å². The Kier molecular flexibility index (Phi) is 3.27. The molecule has 1 aromatic carbocycles. The summed E-state index contributed by atoms with van der Waals surface area (Å²) >= 11 is 3.56. The number of furan rings is 1. The predicted octanol–water partition coefficient (Wildman–Crippen LogP) is 4.03. The summed E-state index contributed by atoms with van der Waals surface area (Å²) in [5, 5.41) is 3.40. The van der Waals surface area contributed by atoms with Crippen molar-refractivity contribution < 1.29 is 4.42 Å². The van der Waals surface area contributed by atoms with Gasteiger partial charge in [-0.3, -0.25) is 0 Å². The zero-order valence-corrected chi connectivity index (χ0v) is 11.9. The average Bonchev–Trinajstić information content (AvgIpc) is 2.99. The topological polar surface area (TPSA) is 25.2 Å². The van der Waals surface area contributed by atoms with Crippen LogP contribution in [-0.2, 0) is 6.42 Å². The van der Waals surface area contributed by atoms with Crippen LogP contribution in [0.1, 0.15) is 35.3 Å². The van der Waals surface area contributed by atoms with Gasteiger partial charge in [-0.1, -0.05) is 24.3 Å². The van der Waals surface area contributed by atoms with Crippen molar-refractivity contribution in [3.63, 3.8) is 0 Å². The Morgan fingerprint density at radius 2 is 2.17 bits per heavy atom. The highest BCUT2D eigenvalue weighted by Gasteiger charge is 2.32. The molecule has 1 heterocycles. The van der Waals surface area contributed by atoms with E-state index in [-0.39, 0.29) is 6.04 Å². The van der Waals surface area contributed by atoms with E-state index in [1.54, 1.807) is 6.26 Å². The van der Waals surface area contributed by atoms with Crippen LogP contribution in [0.15, 0.2) is 45.5 Å². The van der Waals surface area contributed by atoms with Crippen molar-refractivity contribution in [2.45, 2.75) is 24.8 Å². The number of hydrogen-bond donors (Lipinski definition) is 1. The zero-order valence-electron chi connectivity index (χ0n) is 10.3. The van der Waals surface area contributed by atoms with Gasteiger partial charge in [-0.05, 0) is 53.0 Å². The van der Waals surface area contributed by atoms with Crippen LogP contribution in [0.2, 0.25) is 0 Å². The van der Waals surface area contributed by atoms with E-state index < -0.39 is 0 Å². The molecule has 3 heteroatoms. The van der Waals surface area contributed by atoms with Crippen molar-refractivity contribution in [2.75, 3.05) is 7.05 Å². The fraction of sp³-hybridized carbons (Fsp3) is 0.333. The number of aryl methyl sites for hydroxylation is 1. The molecule has 0 saturated heterocycles. The molecule has 94 valence electrons. The lowest BCUT2D eigenvalue weighted by Crippen LogP contribution is -2.22. The molecule has 2 aromatic rings. The normalized spacial score (nSPS) is 19.8. The van der Waals surface area contributed by atoms with Gasteiger partial charge in [-0.15, -0.1) is 0 Å². The summed E-state index contributed by atoms with van der Waals surface area (Å²) in [4.78, 5) is 0. The molecule has 0 bridgehead atoms. The summed E-state index contributed by atoms with van der Waals surface area (Å²) in [7, 11) is 2.00. The largest absolute Gasteiger partial charge is 0.466 e. The van der Waals surface area contributed by atoms with Gasteiger partial charge in [0.15, 0.2) is 0 Å². The molecule has 0 spiro atoms. The van der Waals surface area contributed by atoms with Gasteiger partial charge >= 0.3 is 0 Å². The average molecular weight is 306 g/mol. The van der Waals surface area contributed by atoms with Gasteiger partial charge in [-0.2, -0.15) is 0 Å². The second-order valence-electron chi connectivity index (χ2n) is 4.74. The van der Waals surface area contributed by atoms with Crippen molar-refractivity contribution in [3.8, 4) is 0 Å². The zero-order chi connectivity index (χ0) is 12.5. The number of fused-ring (bicyclic) bond motifs is 1. The summed E-state index contributed by atoms with van der Waals surface area (Å²) < 4.78 is 6.68. The first-order valence-corrected chi connectivity index (χ1v) is 7.08. The van der Waals surface area contributed by atoms with Crippen LogP contribution >= 0.6 is 15.9 Å².